The van der Waals surface area contributed by atoms with E-state index in [0.29, 0.717) is 5.57 Å². The highest BCUT2D eigenvalue weighted by molar-refractivity contribution is 5.92. The molecule has 3 heteroatoms. The number of ether oxygens (including phenoxy) is 1. The Morgan fingerprint density at radius 2 is 2.53 bits per heavy atom. The van der Waals surface area contributed by atoms with Crippen LogP contribution < -0.4 is 5.73 Å². The Morgan fingerprint density at radius 1 is 1.73 bits per heavy atom. The molecular formula is C12H17NO2. The number of allylic oxidation sites excluding steroid dienone is 1. The first-order valence-corrected chi connectivity index (χ1v) is 5.40. The van der Waals surface area contributed by atoms with Crippen LogP contribution in [0.25, 0.3) is 0 Å². The van der Waals surface area contributed by atoms with Crippen molar-refractivity contribution in [1.82, 2.24) is 0 Å². The lowest BCUT2D eigenvalue weighted by Crippen LogP contribution is -2.29. The molecule has 2 unspecified atom stereocenters. The third-order valence-electron chi connectivity index (χ3n) is 4.39. The van der Waals surface area contributed by atoms with Gasteiger partial charge >= 0.3 is 5.97 Å². The van der Waals surface area contributed by atoms with Crippen LogP contribution in [0.4, 0.5) is 0 Å². The van der Waals surface area contributed by atoms with Crippen molar-refractivity contribution >= 4 is 5.97 Å². The van der Waals surface area contributed by atoms with Crippen molar-refractivity contribution in [3.05, 3.63) is 23.8 Å². The predicted molar refractivity (Wildman–Crippen MR) is 58.0 cm³/mol. The smallest absolute Gasteiger partial charge is 0.337 e. The topological polar surface area (TPSA) is 52.3 Å². The summed E-state index contributed by atoms with van der Waals surface area (Å²) in [4.78, 5) is 11.4. The van der Waals surface area contributed by atoms with E-state index in [1.807, 2.05) is 6.08 Å². The molecule has 2 saturated carbocycles. The summed E-state index contributed by atoms with van der Waals surface area (Å²) in [5, 5.41) is 0. The zero-order chi connectivity index (χ0) is 10.7. The lowest BCUT2D eigenvalue weighted by molar-refractivity contribution is -0.135. The number of carbonyl (C=O) groups is 1. The van der Waals surface area contributed by atoms with Gasteiger partial charge in [0.25, 0.3) is 0 Å². The molecule has 3 aliphatic rings. The Hall–Kier alpha value is -1.09. The summed E-state index contributed by atoms with van der Waals surface area (Å²) in [6.45, 7) is 0. The van der Waals surface area contributed by atoms with E-state index in [0.717, 1.165) is 19.3 Å². The fourth-order valence-electron chi connectivity index (χ4n) is 3.40. The minimum atomic E-state index is -0.235. The van der Waals surface area contributed by atoms with Crippen LogP contribution in [0, 0.1) is 10.8 Å². The third-order valence-corrected chi connectivity index (χ3v) is 4.39. The molecule has 0 saturated heterocycles. The second-order valence-electron chi connectivity index (χ2n) is 4.94. The fraction of sp³-hybridized carbons (Fsp3) is 0.583. The molecule has 0 amide bonds. The maximum Gasteiger partial charge on any atom is 0.337 e. The summed E-state index contributed by atoms with van der Waals surface area (Å²) < 4.78 is 4.74. The average Bonchev–Trinajstić information content (AvgIpc) is 2.86. The van der Waals surface area contributed by atoms with Crippen LogP contribution in [0.3, 0.4) is 0 Å². The van der Waals surface area contributed by atoms with E-state index in [2.05, 4.69) is 12.2 Å². The lowest BCUT2D eigenvalue weighted by atomic mass is 9.87. The lowest BCUT2D eigenvalue weighted by Gasteiger charge is -2.20. The van der Waals surface area contributed by atoms with Crippen molar-refractivity contribution in [2.24, 2.45) is 16.6 Å². The number of rotatable bonds is 1. The van der Waals surface area contributed by atoms with Gasteiger partial charge in [-0.2, -0.15) is 0 Å². The van der Waals surface area contributed by atoms with Crippen molar-refractivity contribution < 1.29 is 11.0 Å². The highest BCUT2D eigenvalue weighted by Gasteiger charge is 2.71. The number of carbonyl (C=O) groups excluding carboxylic acids is 1. The molecule has 0 heterocycles. The Kier molecular flexibility index (Phi) is 1.54. The molecule has 0 aromatic rings. The number of hydrogen-bond acceptors (Lipinski definition) is 3. The second kappa shape index (κ2) is 2.53. The van der Waals surface area contributed by atoms with Crippen molar-refractivity contribution in [2.45, 2.75) is 25.3 Å². The van der Waals surface area contributed by atoms with Gasteiger partial charge in [-0.25, -0.2) is 4.79 Å². The van der Waals surface area contributed by atoms with Gasteiger partial charge in [0.15, 0.2) is 0 Å². The van der Waals surface area contributed by atoms with Crippen molar-refractivity contribution in [1.29, 1.82) is 0 Å². The van der Waals surface area contributed by atoms with E-state index in [4.69, 9.17) is 10.5 Å². The van der Waals surface area contributed by atoms with E-state index >= 15 is 0 Å². The summed E-state index contributed by atoms with van der Waals surface area (Å²) in [7, 11) is 1.42. The summed E-state index contributed by atoms with van der Waals surface area (Å²) in [5.41, 5.74) is 7.17. The van der Waals surface area contributed by atoms with Crippen LogP contribution in [-0.4, -0.2) is 19.1 Å². The van der Waals surface area contributed by atoms with Gasteiger partial charge in [-0.1, -0.05) is 18.2 Å². The normalized spacial score (nSPS) is 45.5. The van der Waals surface area contributed by atoms with E-state index < -0.39 is 0 Å². The number of nitrogens with two attached hydrogens (primary N) is 1. The van der Waals surface area contributed by atoms with Gasteiger partial charge in [0, 0.05) is 18.3 Å². The Labute approximate surface area is 90.5 Å². The molecule has 3 nitrogen and oxygen atoms in total. The van der Waals surface area contributed by atoms with Crippen molar-refractivity contribution in [3.8, 4) is 0 Å². The second-order valence-corrected chi connectivity index (χ2v) is 4.94. The molecule has 2 N–H and O–H groups in total. The van der Waals surface area contributed by atoms with Crippen LogP contribution in [0.2, 0.25) is 0 Å². The maximum absolute atomic E-state index is 11.4. The molecule has 0 aromatic carbocycles. The van der Waals surface area contributed by atoms with Gasteiger partial charge in [-0.15, -0.1) is 0 Å². The minimum absolute atomic E-state index is 0. The Bertz CT molecular complexity index is 404. The number of hydrogen-bond donors (Lipinski definition) is 1. The standard InChI is InChI=1S/C12H15NO2.H2/c1-15-10(14)8-2-5-12-7-11(12,6-8)4-3-9(12)13;/h2,5-6,9H,3-4,7,13H2,1H3;1H/t9-,11?,12?;/m0./s1. The van der Waals surface area contributed by atoms with Gasteiger partial charge in [0.2, 0.25) is 0 Å². The number of esters is 1. The molecule has 0 bridgehead atoms. The molecule has 3 aliphatic carbocycles. The van der Waals surface area contributed by atoms with Crippen LogP contribution in [0.5, 0.6) is 0 Å². The summed E-state index contributed by atoms with van der Waals surface area (Å²) >= 11 is 0. The summed E-state index contributed by atoms with van der Waals surface area (Å²) in [6, 6.07) is 0.268. The largest absolute Gasteiger partial charge is 0.465 e. The number of methoxy groups -OCH3 is 1. The Balaban J connectivity index is 0.000000963. The maximum atomic E-state index is 11.4. The monoisotopic (exact) mass is 207 g/mol. The van der Waals surface area contributed by atoms with Crippen LogP contribution in [-0.2, 0) is 9.53 Å². The van der Waals surface area contributed by atoms with Gasteiger partial charge in [-0.05, 0) is 19.3 Å². The average molecular weight is 207 g/mol. The first kappa shape index (κ1) is 9.16. The molecule has 0 aliphatic heterocycles. The molecule has 0 aromatic heterocycles. The summed E-state index contributed by atoms with van der Waals surface area (Å²) in [6.07, 6.45) is 9.39. The predicted octanol–water partition coefficient (Wildman–Crippen LogP) is 1.40. The van der Waals surface area contributed by atoms with E-state index in [-0.39, 0.29) is 24.3 Å². The van der Waals surface area contributed by atoms with Gasteiger partial charge < -0.3 is 10.5 Å². The van der Waals surface area contributed by atoms with Crippen LogP contribution >= 0.6 is 0 Å². The van der Waals surface area contributed by atoms with Gasteiger partial charge in [0.05, 0.1) is 12.7 Å². The Morgan fingerprint density at radius 3 is 3.27 bits per heavy atom. The van der Waals surface area contributed by atoms with Crippen LogP contribution in [0.15, 0.2) is 23.8 Å². The fourth-order valence-corrected chi connectivity index (χ4v) is 3.40. The van der Waals surface area contributed by atoms with E-state index in [1.54, 1.807) is 0 Å². The SMILES string of the molecule is COC(=O)C1=CC23CC[C@H](N)C2(C=C1)C3.[HH]. The van der Waals surface area contributed by atoms with Gasteiger partial charge in [-0.3, -0.25) is 0 Å². The molecule has 15 heavy (non-hydrogen) atoms. The van der Waals surface area contributed by atoms with Crippen molar-refractivity contribution in [2.75, 3.05) is 7.11 Å². The van der Waals surface area contributed by atoms with Gasteiger partial charge in [0.1, 0.15) is 0 Å². The summed E-state index contributed by atoms with van der Waals surface area (Å²) in [5.74, 6) is -0.235. The minimum Gasteiger partial charge on any atom is -0.465 e. The van der Waals surface area contributed by atoms with Crippen molar-refractivity contribution in [3.63, 3.8) is 0 Å². The zero-order valence-electron chi connectivity index (χ0n) is 8.82. The van der Waals surface area contributed by atoms with E-state index in [9.17, 15) is 4.79 Å². The molecule has 3 rings (SSSR count). The highest BCUT2D eigenvalue weighted by Crippen LogP contribution is 2.75. The molecule has 0 radical (unpaired) electrons. The quantitative estimate of drug-likeness (QED) is 0.661. The third kappa shape index (κ3) is 0.918. The first-order valence-electron chi connectivity index (χ1n) is 5.40. The molecule has 82 valence electrons. The molecule has 3 atom stereocenters. The van der Waals surface area contributed by atoms with Crippen LogP contribution in [0.1, 0.15) is 20.7 Å². The highest BCUT2D eigenvalue weighted by atomic mass is 16.5. The van der Waals surface area contributed by atoms with E-state index in [1.165, 1.54) is 7.11 Å². The molecular weight excluding hydrogens is 190 g/mol. The zero-order valence-corrected chi connectivity index (χ0v) is 8.82. The molecule has 2 fully saturated rings. The molecule has 0 spiro atoms. The first-order chi connectivity index (χ1) is 7.13.